The average Bonchev–Trinajstić information content (AvgIpc) is 2.62. The number of hydrogen-bond acceptors (Lipinski definition) is 5. The first-order chi connectivity index (χ1) is 13.3. The minimum atomic E-state index is -0.896. The number of hydrogen-bond donors (Lipinski definition) is 2. The molecule has 0 aromatic heterocycles. The second-order valence-corrected chi connectivity index (χ2v) is 6.56. The van der Waals surface area contributed by atoms with Gasteiger partial charge in [0.1, 0.15) is 17.1 Å². The van der Waals surface area contributed by atoms with Crippen molar-refractivity contribution in [3.63, 3.8) is 0 Å². The zero-order chi connectivity index (χ0) is 20.4. The fourth-order valence-electron chi connectivity index (χ4n) is 2.63. The van der Waals surface area contributed by atoms with E-state index in [0.717, 1.165) is 4.90 Å². The Morgan fingerprint density at radius 3 is 2.46 bits per heavy atom. The summed E-state index contributed by atoms with van der Waals surface area (Å²) < 4.78 is 5.49. The van der Waals surface area contributed by atoms with E-state index in [4.69, 9.17) is 27.9 Å². The Hall–Kier alpha value is -3.03. The molecule has 28 heavy (non-hydrogen) atoms. The first-order valence-corrected chi connectivity index (χ1v) is 8.89. The SMILES string of the molecule is CCOc1c(Cl)cc(Cl)cc1/C=C1\C(=O)NC(=O)N(c2ccc(O)cc2)C1=O. The lowest BCUT2D eigenvalue weighted by Crippen LogP contribution is -2.54. The maximum absolute atomic E-state index is 12.9. The third-order valence-corrected chi connectivity index (χ3v) is 4.33. The van der Waals surface area contributed by atoms with Gasteiger partial charge in [-0.1, -0.05) is 23.2 Å². The van der Waals surface area contributed by atoms with Gasteiger partial charge in [-0.15, -0.1) is 0 Å². The van der Waals surface area contributed by atoms with Crippen LogP contribution in [0, 0.1) is 0 Å². The normalized spacial score (nSPS) is 15.8. The van der Waals surface area contributed by atoms with Crippen molar-refractivity contribution in [2.24, 2.45) is 0 Å². The molecular formula is C19H14Cl2N2O5. The average molecular weight is 421 g/mol. The summed E-state index contributed by atoms with van der Waals surface area (Å²) in [5.41, 5.74) is 0.206. The van der Waals surface area contributed by atoms with Crippen LogP contribution in [0.2, 0.25) is 10.0 Å². The number of imide groups is 2. The smallest absolute Gasteiger partial charge is 0.335 e. The van der Waals surface area contributed by atoms with E-state index in [9.17, 15) is 19.5 Å². The molecule has 0 atom stereocenters. The number of rotatable bonds is 4. The molecule has 3 rings (SSSR count). The van der Waals surface area contributed by atoms with Crippen molar-refractivity contribution >= 4 is 52.8 Å². The van der Waals surface area contributed by atoms with Crippen molar-refractivity contribution < 1.29 is 24.2 Å². The molecule has 4 amide bonds. The number of nitrogens with zero attached hydrogens (tertiary/aromatic N) is 1. The van der Waals surface area contributed by atoms with Crippen LogP contribution in [0.25, 0.3) is 6.08 Å². The molecule has 9 heteroatoms. The van der Waals surface area contributed by atoms with E-state index in [0.29, 0.717) is 12.2 Å². The van der Waals surface area contributed by atoms with Gasteiger partial charge in [0.05, 0.1) is 17.3 Å². The number of anilines is 1. The first kappa shape index (κ1) is 19.7. The third-order valence-electron chi connectivity index (χ3n) is 3.84. The Labute approximate surface area is 170 Å². The summed E-state index contributed by atoms with van der Waals surface area (Å²) in [6, 6.07) is 7.47. The predicted molar refractivity (Wildman–Crippen MR) is 105 cm³/mol. The van der Waals surface area contributed by atoms with Gasteiger partial charge in [-0.25, -0.2) is 9.69 Å². The Kier molecular flexibility index (Phi) is 5.58. The van der Waals surface area contributed by atoms with Crippen LogP contribution < -0.4 is 15.0 Å². The van der Waals surface area contributed by atoms with Gasteiger partial charge in [0.2, 0.25) is 0 Å². The first-order valence-electron chi connectivity index (χ1n) is 8.14. The van der Waals surface area contributed by atoms with E-state index in [1.807, 2.05) is 0 Å². The summed E-state index contributed by atoms with van der Waals surface area (Å²) in [4.78, 5) is 38.2. The van der Waals surface area contributed by atoms with Gasteiger partial charge in [-0.05, 0) is 49.4 Å². The van der Waals surface area contributed by atoms with Crippen LogP contribution in [0.3, 0.4) is 0 Å². The fourth-order valence-corrected chi connectivity index (χ4v) is 3.20. The number of benzene rings is 2. The quantitative estimate of drug-likeness (QED) is 0.579. The summed E-state index contributed by atoms with van der Waals surface area (Å²) in [6.45, 7) is 2.06. The minimum absolute atomic E-state index is 0.0321. The standard InChI is InChI=1S/C19H14Cl2N2O5/c1-2-28-16-10(7-11(20)9-15(16)21)8-14-17(25)22-19(27)23(18(14)26)12-3-5-13(24)6-4-12/h3-9,24H,2H2,1H3,(H,22,25,27)/b14-8+. The highest BCUT2D eigenvalue weighted by atomic mass is 35.5. The third kappa shape index (κ3) is 3.81. The van der Waals surface area contributed by atoms with Gasteiger partial charge in [0.25, 0.3) is 11.8 Å². The van der Waals surface area contributed by atoms with Crippen molar-refractivity contribution in [1.29, 1.82) is 0 Å². The summed E-state index contributed by atoms with van der Waals surface area (Å²) in [5.74, 6) is -1.47. The maximum Gasteiger partial charge on any atom is 0.335 e. The zero-order valence-electron chi connectivity index (χ0n) is 14.5. The lowest BCUT2D eigenvalue weighted by molar-refractivity contribution is -0.122. The van der Waals surface area contributed by atoms with Gasteiger partial charge in [-0.2, -0.15) is 0 Å². The zero-order valence-corrected chi connectivity index (χ0v) is 16.0. The molecule has 0 bridgehead atoms. The number of phenols is 1. The van der Waals surface area contributed by atoms with Crippen LogP contribution in [0.4, 0.5) is 10.5 Å². The number of ether oxygens (including phenoxy) is 1. The number of carbonyl (C=O) groups excluding carboxylic acids is 3. The number of aromatic hydroxyl groups is 1. The molecule has 1 aliphatic rings. The van der Waals surface area contributed by atoms with E-state index >= 15 is 0 Å². The number of halogens is 2. The molecule has 2 aromatic carbocycles. The van der Waals surface area contributed by atoms with Gasteiger partial charge < -0.3 is 9.84 Å². The summed E-state index contributed by atoms with van der Waals surface area (Å²) in [5, 5.41) is 12.0. The topological polar surface area (TPSA) is 95.9 Å². The number of amides is 4. The van der Waals surface area contributed by atoms with Crippen molar-refractivity contribution in [1.82, 2.24) is 5.32 Å². The van der Waals surface area contributed by atoms with Gasteiger partial charge in [-0.3, -0.25) is 14.9 Å². The molecule has 0 saturated carbocycles. The molecule has 1 heterocycles. The van der Waals surface area contributed by atoms with Gasteiger partial charge >= 0.3 is 6.03 Å². The molecule has 0 unspecified atom stereocenters. The van der Waals surface area contributed by atoms with Crippen LogP contribution in [-0.4, -0.2) is 29.6 Å². The monoisotopic (exact) mass is 420 g/mol. The molecule has 144 valence electrons. The Bertz CT molecular complexity index is 1000. The van der Waals surface area contributed by atoms with Crippen LogP contribution in [0.1, 0.15) is 12.5 Å². The minimum Gasteiger partial charge on any atom is -0.508 e. The number of nitrogens with one attached hydrogen (secondary N) is 1. The molecule has 1 saturated heterocycles. The summed E-state index contributed by atoms with van der Waals surface area (Å²) >= 11 is 12.2. The van der Waals surface area contributed by atoms with Gasteiger partial charge in [0.15, 0.2) is 0 Å². The van der Waals surface area contributed by atoms with Crippen molar-refractivity contribution in [2.45, 2.75) is 6.92 Å². The highest BCUT2D eigenvalue weighted by Gasteiger charge is 2.37. The lowest BCUT2D eigenvalue weighted by Gasteiger charge is -2.26. The second-order valence-electron chi connectivity index (χ2n) is 5.71. The van der Waals surface area contributed by atoms with E-state index < -0.39 is 17.8 Å². The van der Waals surface area contributed by atoms with Crippen LogP contribution in [-0.2, 0) is 9.59 Å². The molecule has 1 fully saturated rings. The number of urea groups is 1. The molecular weight excluding hydrogens is 407 g/mol. The van der Waals surface area contributed by atoms with E-state index in [1.165, 1.54) is 42.5 Å². The molecule has 0 aliphatic carbocycles. The molecule has 1 aliphatic heterocycles. The molecule has 0 spiro atoms. The van der Waals surface area contributed by atoms with Crippen molar-refractivity contribution in [3.8, 4) is 11.5 Å². The van der Waals surface area contributed by atoms with Crippen LogP contribution in [0.15, 0.2) is 42.0 Å². The van der Waals surface area contributed by atoms with Crippen molar-refractivity contribution in [3.05, 3.63) is 57.6 Å². The van der Waals surface area contributed by atoms with Crippen LogP contribution in [0.5, 0.6) is 11.5 Å². The van der Waals surface area contributed by atoms with Gasteiger partial charge in [0, 0.05) is 10.6 Å². The summed E-state index contributed by atoms with van der Waals surface area (Å²) in [6.07, 6.45) is 1.26. The van der Waals surface area contributed by atoms with E-state index in [1.54, 1.807) is 6.92 Å². The van der Waals surface area contributed by atoms with Crippen molar-refractivity contribution in [2.75, 3.05) is 11.5 Å². The highest BCUT2D eigenvalue weighted by Crippen LogP contribution is 2.34. The highest BCUT2D eigenvalue weighted by molar-refractivity contribution is 6.40. The van der Waals surface area contributed by atoms with E-state index in [-0.39, 0.29) is 32.8 Å². The number of carbonyl (C=O) groups is 3. The Balaban J connectivity index is 2.08. The molecule has 0 radical (unpaired) electrons. The number of barbiturate groups is 1. The second kappa shape index (κ2) is 7.92. The van der Waals surface area contributed by atoms with E-state index in [2.05, 4.69) is 5.32 Å². The van der Waals surface area contributed by atoms with Crippen LogP contribution >= 0.6 is 23.2 Å². The Morgan fingerprint density at radius 2 is 1.82 bits per heavy atom. The molecule has 7 nitrogen and oxygen atoms in total. The summed E-state index contributed by atoms with van der Waals surface area (Å²) in [7, 11) is 0. The largest absolute Gasteiger partial charge is 0.508 e. The Morgan fingerprint density at radius 1 is 1.14 bits per heavy atom. The molecule has 2 aromatic rings. The predicted octanol–water partition coefficient (Wildman–Crippen LogP) is 3.76. The fraction of sp³-hybridized carbons (Fsp3) is 0.105. The maximum atomic E-state index is 12.9. The lowest BCUT2D eigenvalue weighted by atomic mass is 10.1. The molecule has 2 N–H and O–H groups in total. The number of phenolic OH excluding ortho intramolecular Hbond substituents is 1.